The molecule has 6 nitrogen and oxygen atoms in total. The Morgan fingerprint density at radius 3 is 2.28 bits per heavy atom. The van der Waals surface area contributed by atoms with Crippen LogP contribution in [0.3, 0.4) is 0 Å². The van der Waals surface area contributed by atoms with Crippen molar-refractivity contribution in [3.63, 3.8) is 0 Å². The van der Waals surface area contributed by atoms with E-state index < -0.39 is 0 Å². The number of carbonyl (C=O) groups is 2. The molecule has 0 atom stereocenters. The van der Waals surface area contributed by atoms with Gasteiger partial charge in [0.2, 0.25) is 5.91 Å². The highest BCUT2D eigenvalue weighted by atomic mass is 19.1. The average Bonchev–Trinajstić information content (AvgIpc) is 3.67. The second-order valence-electron chi connectivity index (χ2n) is 8.63. The molecule has 1 heterocycles. The van der Waals surface area contributed by atoms with E-state index in [2.05, 4.69) is 10.2 Å². The molecule has 1 N–H and O–H groups in total. The average molecular weight is 439 g/mol. The van der Waals surface area contributed by atoms with E-state index in [-0.39, 0.29) is 17.8 Å². The largest absolute Gasteiger partial charge is 0.340 e. The number of benzene rings is 2. The molecule has 4 rings (SSSR count). The van der Waals surface area contributed by atoms with Crippen LogP contribution in [0.2, 0.25) is 0 Å². The summed E-state index contributed by atoms with van der Waals surface area (Å²) in [6, 6.07) is 15.9. The van der Waals surface area contributed by atoms with Crippen LogP contribution in [0.5, 0.6) is 0 Å². The highest BCUT2D eigenvalue weighted by Crippen LogP contribution is 2.31. The molecule has 2 aromatic rings. The fourth-order valence-corrected chi connectivity index (χ4v) is 3.99. The van der Waals surface area contributed by atoms with E-state index in [0.29, 0.717) is 25.5 Å². The Hall–Kier alpha value is -2.93. The Bertz CT molecular complexity index is 894. The molecule has 0 spiro atoms. The van der Waals surface area contributed by atoms with Crippen molar-refractivity contribution in [3.05, 3.63) is 71.5 Å². The summed E-state index contributed by atoms with van der Waals surface area (Å²) in [4.78, 5) is 31.3. The number of urea groups is 1. The van der Waals surface area contributed by atoms with Crippen molar-refractivity contribution in [1.29, 1.82) is 0 Å². The van der Waals surface area contributed by atoms with Crippen LogP contribution in [-0.4, -0.2) is 65.9 Å². The number of carbonyl (C=O) groups excluding carboxylic acids is 2. The van der Waals surface area contributed by atoms with Crippen molar-refractivity contribution in [3.8, 4) is 0 Å². The number of halogens is 1. The van der Waals surface area contributed by atoms with Gasteiger partial charge in [0.25, 0.3) is 0 Å². The van der Waals surface area contributed by atoms with E-state index in [1.165, 1.54) is 12.1 Å². The van der Waals surface area contributed by atoms with Crippen molar-refractivity contribution in [2.24, 2.45) is 5.92 Å². The molecule has 1 aliphatic carbocycles. The maximum atomic E-state index is 13.3. The lowest BCUT2D eigenvalue weighted by molar-refractivity contribution is -0.134. The van der Waals surface area contributed by atoms with Gasteiger partial charge in [-0.15, -0.1) is 0 Å². The number of nitrogens with zero attached hydrogens (tertiary/aromatic N) is 3. The summed E-state index contributed by atoms with van der Waals surface area (Å²) >= 11 is 0. The van der Waals surface area contributed by atoms with Gasteiger partial charge in [-0.05, 0) is 36.1 Å². The van der Waals surface area contributed by atoms with Crippen LogP contribution in [0, 0.1) is 11.7 Å². The van der Waals surface area contributed by atoms with Crippen LogP contribution >= 0.6 is 0 Å². The summed E-state index contributed by atoms with van der Waals surface area (Å²) in [7, 11) is 0. The molecule has 2 fully saturated rings. The first-order valence-corrected chi connectivity index (χ1v) is 11.4. The van der Waals surface area contributed by atoms with Crippen molar-refractivity contribution >= 4 is 11.9 Å². The maximum absolute atomic E-state index is 13.3. The maximum Gasteiger partial charge on any atom is 0.318 e. The first-order chi connectivity index (χ1) is 15.6. The number of nitrogens with one attached hydrogen (secondary N) is 1. The third-order valence-electron chi connectivity index (χ3n) is 6.16. The highest BCUT2D eigenvalue weighted by molar-refractivity contribution is 5.81. The quantitative estimate of drug-likeness (QED) is 0.689. The van der Waals surface area contributed by atoms with Gasteiger partial charge in [0.1, 0.15) is 5.82 Å². The summed E-state index contributed by atoms with van der Waals surface area (Å²) in [5.41, 5.74) is 1.93. The first kappa shape index (κ1) is 22.3. The molecule has 0 radical (unpaired) electrons. The normalized spacial score (nSPS) is 16.6. The van der Waals surface area contributed by atoms with E-state index in [9.17, 15) is 14.0 Å². The summed E-state index contributed by atoms with van der Waals surface area (Å²) in [5.74, 6) is 0.288. The van der Waals surface area contributed by atoms with Crippen LogP contribution < -0.4 is 5.32 Å². The number of hydrogen-bond acceptors (Lipinski definition) is 3. The third-order valence-corrected chi connectivity index (χ3v) is 6.16. The Balaban J connectivity index is 1.31. The molecule has 0 bridgehead atoms. The lowest BCUT2D eigenvalue weighted by Crippen LogP contribution is -2.51. The highest BCUT2D eigenvalue weighted by Gasteiger charge is 2.34. The fraction of sp³-hybridized carbons (Fsp3) is 0.440. The number of amides is 3. The van der Waals surface area contributed by atoms with Crippen LogP contribution in [-0.2, 0) is 17.9 Å². The van der Waals surface area contributed by atoms with Gasteiger partial charge in [0.15, 0.2) is 0 Å². The standard InChI is InChI=1S/C25H31FN4O2/c26-23-10-6-21(7-11-23)19-30(25(32)27-18-20-4-2-1-3-5-20)17-14-28-12-15-29(16-13-28)24(31)22-8-9-22/h1-7,10-11,22H,8-9,12-19H2,(H,27,32). The number of hydrogen-bond donors (Lipinski definition) is 1. The van der Waals surface area contributed by atoms with Crippen molar-refractivity contribution < 1.29 is 14.0 Å². The third kappa shape index (κ3) is 6.29. The minimum absolute atomic E-state index is 0.138. The van der Waals surface area contributed by atoms with Crippen LogP contribution in [0.4, 0.5) is 9.18 Å². The zero-order valence-electron chi connectivity index (χ0n) is 18.4. The van der Waals surface area contributed by atoms with E-state index >= 15 is 0 Å². The molecule has 2 aliphatic rings. The predicted molar refractivity (Wildman–Crippen MR) is 121 cm³/mol. The summed E-state index contributed by atoms with van der Waals surface area (Å²) in [6.07, 6.45) is 2.07. The van der Waals surface area contributed by atoms with Crippen LogP contribution in [0.1, 0.15) is 24.0 Å². The van der Waals surface area contributed by atoms with E-state index in [4.69, 9.17) is 0 Å². The van der Waals surface area contributed by atoms with Crippen molar-refractivity contribution in [2.45, 2.75) is 25.9 Å². The van der Waals surface area contributed by atoms with Gasteiger partial charge < -0.3 is 15.1 Å². The van der Waals surface area contributed by atoms with Crippen LogP contribution in [0.15, 0.2) is 54.6 Å². The lowest BCUT2D eigenvalue weighted by Gasteiger charge is -2.36. The van der Waals surface area contributed by atoms with Crippen molar-refractivity contribution in [2.75, 3.05) is 39.3 Å². The smallest absolute Gasteiger partial charge is 0.318 e. The van der Waals surface area contributed by atoms with E-state index in [1.807, 2.05) is 35.2 Å². The molecule has 32 heavy (non-hydrogen) atoms. The SMILES string of the molecule is O=C(NCc1ccccc1)N(CCN1CCN(C(=O)C2CC2)CC1)Cc1ccc(F)cc1. The lowest BCUT2D eigenvalue weighted by atomic mass is 10.2. The van der Waals surface area contributed by atoms with Gasteiger partial charge in [-0.3, -0.25) is 9.69 Å². The van der Waals surface area contributed by atoms with Gasteiger partial charge >= 0.3 is 6.03 Å². The van der Waals surface area contributed by atoms with E-state index in [0.717, 1.165) is 56.7 Å². The Labute approximate surface area is 189 Å². The number of piperazine rings is 1. The van der Waals surface area contributed by atoms with Gasteiger partial charge in [-0.2, -0.15) is 0 Å². The first-order valence-electron chi connectivity index (χ1n) is 11.4. The molecule has 170 valence electrons. The minimum atomic E-state index is -0.285. The molecule has 1 saturated carbocycles. The van der Waals surface area contributed by atoms with Gasteiger partial charge in [-0.1, -0.05) is 42.5 Å². The molecular weight excluding hydrogens is 407 g/mol. The van der Waals surface area contributed by atoms with Gasteiger partial charge in [-0.25, -0.2) is 9.18 Å². The van der Waals surface area contributed by atoms with E-state index in [1.54, 1.807) is 17.0 Å². The molecular formula is C25H31FN4O2. The summed E-state index contributed by atoms with van der Waals surface area (Å²) < 4.78 is 13.3. The summed E-state index contributed by atoms with van der Waals surface area (Å²) in [5, 5.41) is 3.00. The molecule has 7 heteroatoms. The summed E-state index contributed by atoms with van der Waals surface area (Å²) in [6.45, 7) is 5.35. The molecule has 1 saturated heterocycles. The minimum Gasteiger partial charge on any atom is -0.340 e. The van der Waals surface area contributed by atoms with Crippen molar-refractivity contribution in [1.82, 2.24) is 20.0 Å². The zero-order valence-corrected chi connectivity index (χ0v) is 18.4. The Morgan fingerprint density at radius 1 is 0.938 bits per heavy atom. The monoisotopic (exact) mass is 438 g/mol. The molecule has 1 aliphatic heterocycles. The molecule has 0 unspecified atom stereocenters. The van der Waals surface area contributed by atoms with Gasteiger partial charge in [0.05, 0.1) is 0 Å². The molecule has 3 amide bonds. The zero-order chi connectivity index (χ0) is 22.3. The second kappa shape index (κ2) is 10.6. The molecule has 2 aromatic carbocycles. The topological polar surface area (TPSA) is 55.9 Å². The Kier molecular flexibility index (Phi) is 7.37. The predicted octanol–water partition coefficient (Wildman–Crippen LogP) is 3.09. The second-order valence-corrected chi connectivity index (χ2v) is 8.63. The van der Waals surface area contributed by atoms with Crippen LogP contribution in [0.25, 0.3) is 0 Å². The Morgan fingerprint density at radius 2 is 1.62 bits per heavy atom. The number of rotatable bonds is 8. The fourth-order valence-electron chi connectivity index (χ4n) is 3.99. The van der Waals surface area contributed by atoms with Gasteiger partial charge in [0, 0.05) is 58.3 Å². The molecule has 0 aromatic heterocycles.